The van der Waals surface area contributed by atoms with Crippen LogP contribution in [0.1, 0.15) is 43.5 Å². The third kappa shape index (κ3) is 4.42. The summed E-state index contributed by atoms with van der Waals surface area (Å²) in [6.07, 6.45) is -1.05. The van der Waals surface area contributed by atoms with E-state index in [1.54, 1.807) is 24.3 Å². The van der Waals surface area contributed by atoms with Crippen LogP contribution in [-0.2, 0) is 4.74 Å². The number of carbonyl (C=O) groups is 2. The molecule has 0 saturated carbocycles. The van der Waals surface area contributed by atoms with Crippen molar-refractivity contribution in [3.05, 3.63) is 101 Å². The molecule has 0 saturated heterocycles. The van der Waals surface area contributed by atoms with E-state index >= 15 is 0 Å². The van der Waals surface area contributed by atoms with E-state index in [4.69, 9.17) is 4.74 Å². The van der Waals surface area contributed by atoms with E-state index in [1.165, 1.54) is 24.3 Å². The van der Waals surface area contributed by atoms with Crippen LogP contribution in [-0.4, -0.2) is 16.9 Å². The minimum absolute atomic E-state index is 0.0531. The molecule has 0 aliphatic carbocycles. The quantitative estimate of drug-likeness (QED) is 0.525. The molecule has 4 nitrogen and oxygen atoms in total. The fourth-order valence-corrected chi connectivity index (χ4v) is 2.66. The van der Waals surface area contributed by atoms with Gasteiger partial charge in [-0.3, -0.25) is 4.79 Å². The first-order valence-electron chi connectivity index (χ1n) is 8.61. The highest BCUT2D eigenvalue weighted by atomic mass is 16.5. The Kier molecular flexibility index (Phi) is 5.36. The second-order valence-corrected chi connectivity index (χ2v) is 6.47. The lowest BCUT2D eigenvalue weighted by atomic mass is 9.98. The molecular formula is C23H20O4. The van der Waals surface area contributed by atoms with Gasteiger partial charge in [0, 0.05) is 11.1 Å². The van der Waals surface area contributed by atoms with Gasteiger partial charge >= 0.3 is 5.97 Å². The minimum atomic E-state index is -1.05. The van der Waals surface area contributed by atoms with E-state index in [0.717, 1.165) is 11.1 Å². The van der Waals surface area contributed by atoms with E-state index in [-0.39, 0.29) is 17.1 Å². The molecule has 0 spiro atoms. The molecule has 0 aliphatic rings. The van der Waals surface area contributed by atoms with Crippen LogP contribution >= 0.6 is 0 Å². The number of Topliss-reactive ketones (excluding diaryl/α,β-unsaturated/α-hetero) is 1. The van der Waals surface area contributed by atoms with Crippen LogP contribution in [0, 0.1) is 13.8 Å². The average Bonchev–Trinajstić information content (AvgIpc) is 2.67. The predicted molar refractivity (Wildman–Crippen MR) is 103 cm³/mol. The van der Waals surface area contributed by atoms with E-state index in [2.05, 4.69) is 0 Å². The highest BCUT2D eigenvalue weighted by Crippen LogP contribution is 2.25. The number of hydrogen-bond donors (Lipinski definition) is 1. The van der Waals surface area contributed by atoms with Gasteiger partial charge in [0.1, 0.15) is 5.75 Å². The summed E-state index contributed by atoms with van der Waals surface area (Å²) >= 11 is 0. The molecule has 4 heteroatoms. The zero-order valence-corrected chi connectivity index (χ0v) is 15.2. The number of aryl methyl sites for hydroxylation is 2. The Labute approximate surface area is 158 Å². The van der Waals surface area contributed by atoms with Gasteiger partial charge in [0.05, 0.1) is 5.56 Å². The van der Waals surface area contributed by atoms with Crippen molar-refractivity contribution >= 4 is 11.8 Å². The number of ether oxygens (including phenoxy) is 1. The Morgan fingerprint density at radius 1 is 0.741 bits per heavy atom. The number of esters is 1. The van der Waals surface area contributed by atoms with Gasteiger partial charge in [-0.25, -0.2) is 4.79 Å². The Balaban J connectivity index is 1.93. The molecule has 3 aromatic rings. The number of aromatic hydroxyl groups is 1. The van der Waals surface area contributed by atoms with Gasteiger partial charge in [-0.15, -0.1) is 0 Å². The molecule has 0 aliphatic heterocycles. The molecular weight excluding hydrogens is 340 g/mol. The van der Waals surface area contributed by atoms with E-state index in [0.29, 0.717) is 11.1 Å². The van der Waals surface area contributed by atoms with Crippen molar-refractivity contribution in [2.24, 2.45) is 0 Å². The Bertz CT molecular complexity index is 939. The highest BCUT2D eigenvalue weighted by molar-refractivity contribution is 6.02. The van der Waals surface area contributed by atoms with Crippen LogP contribution in [0.2, 0.25) is 0 Å². The van der Waals surface area contributed by atoms with Crippen LogP contribution in [0.3, 0.4) is 0 Å². The normalized spacial score (nSPS) is 11.6. The largest absolute Gasteiger partial charge is 0.508 e. The molecule has 0 fully saturated rings. The number of phenolic OH excluding ortho intramolecular Hbond substituents is 1. The summed E-state index contributed by atoms with van der Waals surface area (Å²) in [5.74, 6) is -0.857. The molecule has 1 atom stereocenters. The summed E-state index contributed by atoms with van der Waals surface area (Å²) in [6.45, 7) is 3.89. The highest BCUT2D eigenvalue weighted by Gasteiger charge is 2.26. The Morgan fingerprint density at radius 3 is 1.78 bits per heavy atom. The van der Waals surface area contributed by atoms with Crippen LogP contribution in [0.15, 0.2) is 72.8 Å². The van der Waals surface area contributed by atoms with Crippen LogP contribution in [0.4, 0.5) is 0 Å². The average molecular weight is 360 g/mol. The van der Waals surface area contributed by atoms with Gasteiger partial charge < -0.3 is 9.84 Å². The first kappa shape index (κ1) is 18.4. The number of ketones is 1. The third-order valence-corrected chi connectivity index (χ3v) is 4.28. The molecule has 3 aromatic carbocycles. The number of carbonyl (C=O) groups excluding carboxylic acids is 2. The zero-order valence-electron chi connectivity index (χ0n) is 15.2. The lowest BCUT2D eigenvalue weighted by Gasteiger charge is -2.18. The van der Waals surface area contributed by atoms with Crippen molar-refractivity contribution in [2.45, 2.75) is 20.0 Å². The summed E-state index contributed by atoms with van der Waals surface area (Å²) in [7, 11) is 0. The maximum atomic E-state index is 13.0. The van der Waals surface area contributed by atoms with Crippen LogP contribution < -0.4 is 0 Å². The molecule has 0 radical (unpaired) electrons. The maximum Gasteiger partial charge on any atom is 0.339 e. The summed E-state index contributed by atoms with van der Waals surface area (Å²) < 4.78 is 5.58. The first-order valence-corrected chi connectivity index (χ1v) is 8.61. The predicted octanol–water partition coefficient (Wildman–Crippen LogP) is 4.79. The fraction of sp³-hybridized carbons (Fsp3) is 0.130. The third-order valence-electron chi connectivity index (χ3n) is 4.28. The standard InChI is InChI=1S/C23H20O4/c1-15-3-7-17(8-4-15)21(25)22(18-9-5-16(2)6-10-18)27-23(26)19-11-13-20(24)14-12-19/h3-14,22,24H,1-2H3/t22-/m1/s1. The minimum Gasteiger partial charge on any atom is -0.508 e. The van der Waals surface area contributed by atoms with Crippen LogP contribution in [0.5, 0.6) is 5.75 Å². The van der Waals surface area contributed by atoms with Crippen molar-refractivity contribution in [1.29, 1.82) is 0 Å². The Morgan fingerprint density at radius 2 is 1.22 bits per heavy atom. The summed E-state index contributed by atoms with van der Waals surface area (Å²) in [4.78, 5) is 25.6. The van der Waals surface area contributed by atoms with Crippen molar-refractivity contribution < 1.29 is 19.4 Å². The summed E-state index contributed by atoms with van der Waals surface area (Å²) in [5.41, 5.74) is 3.44. The van der Waals surface area contributed by atoms with Gasteiger partial charge in [-0.1, -0.05) is 59.7 Å². The van der Waals surface area contributed by atoms with Crippen molar-refractivity contribution in [1.82, 2.24) is 0 Å². The first-order chi connectivity index (χ1) is 12.9. The second-order valence-electron chi connectivity index (χ2n) is 6.47. The molecule has 0 aromatic heterocycles. The summed E-state index contributed by atoms with van der Waals surface area (Å²) in [6, 6.07) is 20.2. The maximum absolute atomic E-state index is 13.0. The zero-order chi connectivity index (χ0) is 19.4. The molecule has 0 bridgehead atoms. The topological polar surface area (TPSA) is 63.6 Å². The molecule has 27 heavy (non-hydrogen) atoms. The van der Waals surface area contributed by atoms with Gasteiger partial charge in [0.15, 0.2) is 6.10 Å². The molecule has 3 rings (SSSR count). The Hall–Kier alpha value is -3.40. The number of benzene rings is 3. The van der Waals surface area contributed by atoms with Crippen molar-refractivity contribution in [2.75, 3.05) is 0 Å². The number of hydrogen-bond acceptors (Lipinski definition) is 4. The number of rotatable bonds is 5. The SMILES string of the molecule is Cc1ccc(C(=O)[C@H](OC(=O)c2ccc(O)cc2)c2ccc(C)cc2)cc1. The van der Waals surface area contributed by atoms with E-state index < -0.39 is 12.1 Å². The van der Waals surface area contributed by atoms with Crippen LogP contribution in [0.25, 0.3) is 0 Å². The number of phenols is 1. The van der Waals surface area contributed by atoms with Gasteiger partial charge in [-0.2, -0.15) is 0 Å². The van der Waals surface area contributed by atoms with E-state index in [1.807, 2.05) is 38.1 Å². The molecule has 0 amide bonds. The van der Waals surface area contributed by atoms with Gasteiger partial charge in [-0.05, 0) is 38.1 Å². The lowest BCUT2D eigenvalue weighted by molar-refractivity contribution is 0.0280. The lowest BCUT2D eigenvalue weighted by Crippen LogP contribution is -2.20. The molecule has 136 valence electrons. The van der Waals surface area contributed by atoms with Gasteiger partial charge in [0.2, 0.25) is 5.78 Å². The molecule has 0 heterocycles. The summed E-state index contributed by atoms with van der Waals surface area (Å²) in [5, 5.41) is 9.38. The van der Waals surface area contributed by atoms with Crippen molar-refractivity contribution in [3.63, 3.8) is 0 Å². The smallest absolute Gasteiger partial charge is 0.339 e. The molecule has 1 N–H and O–H groups in total. The van der Waals surface area contributed by atoms with Gasteiger partial charge in [0.25, 0.3) is 0 Å². The second kappa shape index (κ2) is 7.87. The molecule has 0 unspecified atom stereocenters. The fourth-order valence-electron chi connectivity index (χ4n) is 2.66. The van der Waals surface area contributed by atoms with E-state index in [9.17, 15) is 14.7 Å². The van der Waals surface area contributed by atoms with Crippen molar-refractivity contribution in [3.8, 4) is 5.75 Å². The monoisotopic (exact) mass is 360 g/mol.